The third kappa shape index (κ3) is 3.16. The Balaban J connectivity index is 1.94. The number of carbonyl (C=O) groups excluding carboxylic acids is 1. The average Bonchev–Trinajstić information content (AvgIpc) is 3.02. The molecule has 0 spiro atoms. The highest BCUT2D eigenvalue weighted by atomic mass is 16.1. The lowest BCUT2D eigenvalue weighted by Gasteiger charge is -2.09. The number of amides is 1. The summed E-state index contributed by atoms with van der Waals surface area (Å²) in [6.45, 7) is 1.89. The molecule has 1 amide bonds. The molecular formula is C18H16N4O. The van der Waals surface area contributed by atoms with E-state index in [-0.39, 0.29) is 5.91 Å². The molecule has 0 aliphatic heterocycles. The van der Waals surface area contributed by atoms with Crippen LogP contribution < -0.4 is 11.1 Å². The van der Waals surface area contributed by atoms with Gasteiger partial charge in [-0.05, 0) is 35.7 Å². The predicted molar refractivity (Wildman–Crippen MR) is 92.6 cm³/mol. The summed E-state index contributed by atoms with van der Waals surface area (Å²) in [7, 11) is 0. The fourth-order valence-electron chi connectivity index (χ4n) is 2.26. The van der Waals surface area contributed by atoms with Crippen LogP contribution in [0, 0.1) is 11.8 Å². The van der Waals surface area contributed by atoms with E-state index in [1.807, 2.05) is 37.4 Å². The van der Waals surface area contributed by atoms with Crippen molar-refractivity contribution in [2.75, 3.05) is 11.1 Å². The van der Waals surface area contributed by atoms with E-state index in [1.54, 1.807) is 12.3 Å². The first-order chi connectivity index (χ1) is 11.2. The minimum Gasteiger partial charge on any atom is -0.397 e. The number of carbonyl (C=O) groups is 1. The van der Waals surface area contributed by atoms with Crippen molar-refractivity contribution in [2.24, 2.45) is 0 Å². The topological polar surface area (TPSA) is 83.8 Å². The van der Waals surface area contributed by atoms with Gasteiger partial charge in [-0.25, -0.2) is 4.98 Å². The number of rotatable bonds is 2. The van der Waals surface area contributed by atoms with Crippen LogP contribution in [0.5, 0.6) is 0 Å². The van der Waals surface area contributed by atoms with Gasteiger partial charge in [0, 0.05) is 29.8 Å². The Bertz CT molecular complexity index is 931. The van der Waals surface area contributed by atoms with Crippen molar-refractivity contribution >= 4 is 28.3 Å². The van der Waals surface area contributed by atoms with Crippen LogP contribution in [-0.4, -0.2) is 15.9 Å². The zero-order chi connectivity index (χ0) is 16.2. The Morgan fingerprint density at radius 1 is 1.30 bits per heavy atom. The van der Waals surface area contributed by atoms with Crippen LogP contribution in [0.1, 0.15) is 13.3 Å². The molecule has 4 N–H and O–H groups in total. The molecule has 2 aromatic heterocycles. The van der Waals surface area contributed by atoms with Crippen LogP contribution in [0.4, 0.5) is 11.4 Å². The van der Waals surface area contributed by atoms with Gasteiger partial charge in [-0.2, -0.15) is 0 Å². The number of H-pyrrole nitrogens is 1. The van der Waals surface area contributed by atoms with Crippen molar-refractivity contribution in [2.45, 2.75) is 13.3 Å². The summed E-state index contributed by atoms with van der Waals surface area (Å²) in [5.41, 5.74) is 9.70. The van der Waals surface area contributed by atoms with Crippen molar-refractivity contribution in [1.29, 1.82) is 0 Å². The molecule has 3 rings (SSSR count). The number of hydrogen-bond acceptors (Lipinski definition) is 3. The highest BCUT2D eigenvalue weighted by Crippen LogP contribution is 2.28. The van der Waals surface area contributed by atoms with Gasteiger partial charge < -0.3 is 16.0 Å². The second kappa shape index (κ2) is 6.24. The van der Waals surface area contributed by atoms with Crippen molar-refractivity contribution in [1.82, 2.24) is 9.97 Å². The fourth-order valence-corrected chi connectivity index (χ4v) is 2.26. The molecule has 0 saturated carbocycles. The number of nitrogens with two attached hydrogens (primary N) is 1. The van der Waals surface area contributed by atoms with Crippen LogP contribution in [0.3, 0.4) is 0 Å². The molecule has 0 bridgehead atoms. The van der Waals surface area contributed by atoms with Crippen LogP contribution in [0.2, 0.25) is 0 Å². The van der Waals surface area contributed by atoms with Crippen molar-refractivity contribution in [3.05, 3.63) is 42.7 Å². The summed E-state index contributed by atoms with van der Waals surface area (Å²) in [6, 6.07) is 9.49. The van der Waals surface area contributed by atoms with Gasteiger partial charge in [-0.15, -0.1) is 0 Å². The van der Waals surface area contributed by atoms with Crippen molar-refractivity contribution in [3.63, 3.8) is 0 Å². The quantitative estimate of drug-likeness (QED) is 0.502. The second-order valence-electron chi connectivity index (χ2n) is 5.05. The first-order valence-corrected chi connectivity index (χ1v) is 7.30. The lowest BCUT2D eigenvalue weighted by molar-refractivity contribution is -0.111. The molecule has 2 heterocycles. The van der Waals surface area contributed by atoms with Crippen molar-refractivity contribution in [3.8, 4) is 23.0 Å². The van der Waals surface area contributed by atoms with E-state index >= 15 is 0 Å². The second-order valence-corrected chi connectivity index (χ2v) is 5.05. The number of nitrogen functional groups attached to an aromatic ring is 1. The number of hydrogen-bond donors (Lipinski definition) is 3. The Morgan fingerprint density at radius 3 is 3.00 bits per heavy atom. The molecule has 5 nitrogen and oxygen atoms in total. The monoisotopic (exact) mass is 304 g/mol. The number of benzene rings is 1. The Hall–Kier alpha value is -3.26. The minimum absolute atomic E-state index is 0.366. The molecule has 0 unspecified atom stereocenters. The molecule has 0 radical (unpaired) electrons. The molecule has 5 heteroatoms. The van der Waals surface area contributed by atoms with Gasteiger partial charge >= 0.3 is 0 Å². The summed E-state index contributed by atoms with van der Waals surface area (Å²) in [4.78, 5) is 19.2. The first-order valence-electron chi connectivity index (χ1n) is 7.30. The number of nitrogens with zero attached hydrogens (tertiary/aromatic N) is 1. The first kappa shape index (κ1) is 14.7. The number of fused-ring (bicyclic) bond motifs is 1. The molecule has 23 heavy (non-hydrogen) atoms. The highest BCUT2D eigenvalue weighted by molar-refractivity contribution is 6.05. The molecule has 0 fully saturated rings. The van der Waals surface area contributed by atoms with Gasteiger partial charge in [0.05, 0.1) is 11.4 Å². The van der Waals surface area contributed by atoms with E-state index in [0.717, 1.165) is 22.2 Å². The predicted octanol–water partition coefficient (Wildman–Crippen LogP) is 3.16. The summed E-state index contributed by atoms with van der Waals surface area (Å²) in [6.07, 6.45) is 4.26. The molecular weight excluding hydrogens is 288 g/mol. The third-order valence-electron chi connectivity index (χ3n) is 3.41. The standard InChI is InChI=1S/C18H16N4O/c1-2-3-4-17(23)22-16-10-12(5-6-15(16)19)14-9-13-7-8-20-18(13)21-11-14/h5-11H,2,19H2,1H3,(H,20,21)(H,22,23). The van der Waals surface area contributed by atoms with Crippen LogP contribution >= 0.6 is 0 Å². The summed E-state index contributed by atoms with van der Waals surface area (Å²) < 4.78 is 0. The molecule has 114 valence electrons. The van der Waals surface area contributed by atoms with Crippen LogP contribution in [-0.2, 0) is 4.79 Å². The van der Waals surface area contributed by atoms with Gasteiger partial charge in [0.15, 0.2) is 0 Å². The maximum Gasteiger partial charge on any atom is 0.300 e. The molecule has 0 aliphatic rings. The number of aromatic amines is 1. The van der Waals surface area contributed by atoms with E-state index in [0.29, 0.717) is 17.8 Å². The lowest BCUT2D eigenvalue weighted by atomic mass is 10.1. The largest absolute Gasteiger partial charge is 0.397 e. The van der Waals surface area contributed by atoms with E-state index < -0.39 is 0 Å². The van der Waals surface area contributed by atoms with Gasteiger partial charge in [-0.1, -0.05) is 18.9 Å². The van der Waals surface area contributed by atoms with Crippen molar-refractivity contribution < 1.29 is 4.79 Å². The number of pyridine rings is 1. The average molecular weight is 304 g/mol. The lowest BCUT2D eigenvalue weighted by Crippen LogP contribution is -2.10. The number of aromatic nitrogens is 2. The van der Waals surface area contributed by atoms with E-state index in [4.69, 9.17) is 5.73 Å². The normalized spacial score (nSPS) is 10.1. The fraction of sp³-hybridized carbons (Fsp3) is 0.111. The maximum absolute atomic E-state index is 11.8. The molecule has 3 aromatic rings. The molecule has 0 saturated heterocycles. The molecule has 1 aromatic carbocycles. The zero-order valence-corrected chi connectivity index (χ0v) is 12.7. The van der Waals surface area contributed by atoms with E-state index in [2.05, 4.69) is 27.1 Å². The smallest absolute Gasteiger partial charge is 0.300 e. The van der Waals surface area contributed by atoms with Gasteiger partial charge in [0.2, 0.25) is 0 Å². The summed E-state index contributed by atoms with van der Waals surface area (Å²) in [5, 5.41) is 3.75. The zero-order valence-electron chi connectivity index (χ0n) is 12.7. The van der Waals surface area contributed by atoms with E-state index in [1.165, 1.54) is 0 Å². The Labute approximate surface area is 133 Å². The van der Waals surface area contributed by atoms with Crippen LogP contribution in [0.25, 0.3) is 22.2 Å². The van der Waals surface area contributed by atoms with Crippen LogP contribution in [0.15, 0.2) is 42.7 Å². The number of anilines is 2. The summed E-state index contributed by atoms with van der Waals surface area (Å²) in [5.74, 6) is 4.88. The van der Waals surface area contributed by atoms with Gasteiger partial charge in [0.25, 0.3) is 5.91 Å². The van der Waals surface area contributed by atoms with E-state index in [9.17, 15) is 4.79 Å². The Kier molecular flexibility index (Phi) is 3.98. The number of nitrogens with one attached hydrogen (secondary N) is 2. The maximum atomic E-state index is 11.8. The molecule has 0 atom stereocenters. The summed E-state index contributed by atoms with van der Waals surface area (Å²) >= 11 is 0. The third-order valence-corrected chi connectivity index (χ3v) is 3.41. The van der Waals surface area contributed by atoms with Gasteiger partial charge in [0.1, 0.15) is 5.65 Å². The molecule has 0 aliphatic carbocycles. The van der Waals surface area contributed by atoms with Gasteiger partial charge in [-0.3, -0.25) is 4.79 Å². The highest BCUT2D eigenvalue weighted by Gasteiger charge is 2.07. The SMILES string of the molecule is CCC#CC(=O)Nc1cc(-c2cnc3[nH]ccc3c2)ccc1N. The Morgan fingerprint density at radius 2 is 2.17 bits per heavy atom. The minimum atomic E-state index is -0.366.